The Morgan fingerprint density at radius 2 is 2.07 bits per heavy atom. The highest BCUT2D eigenvalue weighted by atomic mass is 32.1. The minimum atomic E-state index is 0.157. The van der Waals surface area contributed by atoms with Gasteiger partial charge >= 0.3 is 0 Å². The Hall–Kier alpha value is -1.28. The number of para-hydroxylation sites is 1. The van der Waals surface area contributed by atoms with Gasteiger partial charge in [0.2, 0.25) is 0 Å². The van der Waals surface area contributed by atoms with Crippen LogP contribution in [-0.4, -0.2) is 6.54 Å². The number of nitrogens with one attached hydrogen (secondary N) is 1. The Morgan fingerprint density at radius 3 is 2.87 bits per heavy atom. The van der Waals surface area contributed by atoms with Gasteiger partial charge in [-0.25, -0.2) is 0 Å². The van der Waals surface area contributed by atoms with Gasteiger partial charge in [-0.1, -0.05) is 24.3 Å². The molecule has 15 heavy (non-hydrogen) atoms. The average Bonchev–Trinajstić information content (AvgIpc) is 2.88. The topological polar surface area (TPSA) is 12.0 Å². The number of thiophene rings is 1. The van der Waals surface area contributed by atoms with Gasteiger partial charge in [-0.2, -0.15) is 0 Å². The number of fused-ring (bicyclic) bond motifs is 1. The summed E-state index contributed by atoms with van der Waals surface area (Å²) in [4.78, 5) is 1.44. The van der Waals surface area contributed by atoms with E-state index < -0.39 is 0 Å². The Morgan fingerprint density at radius 1 is 1.20 bits per heavy atom. The molecule has 1 N–H and O–H groups in total. The summed E-state index contributed by atoms with van der Waals surface area (Å²) in [6.45, 7) is 3.32. The van der Waals surface area contributed by atoms with Gasteiger partial charge in [-0.05, 0) is 30.0 Å². The Labute approximate surface area is 93.8 Å². The number of hydrogen-bond donors (Lipinski definition) is 1. The second-order valence-electron chi connectivity index (χ2n) is 4.21. The lowest BCUT2D eigenvalue weighted by Crippen LogP contribution is -2.24. The van der Waals surface area contributed by atoms with E-state index >= 15 is 0 Å². The third-order valence-corrected chi connectivity index (χ3v) is 4.35. The van der Waals surface area contributed by atoms with Crippen molar-refractivity contribution >= 4 is 17.0 Å². The molecule has 0 saturated carbocycles. The lowest BCUT2D eigenvalue weighted by atomic mass is 9.83. The van der Waals surface area contributed by atoms with E-state index in [4.69, 9.17) is 0 Å². The summed E-state index contributed by atoms with van der Waals surface area (Å²) >= 11 is 1.84. The van der Waals surface area contributed by atoms with Gasteiger partial charge in [0.15, 0.2) is 0 Å². The number of benzene rings is 1. The van der Waals surface area contributed by atoms with Crippen LogP contribution in [0.1, 0.15) is 17.4 Å². The molecule has 1 atom stereocenters. The smallest absolute Gasteiger partial charge is 0.0461 e. The van der Waals surface area contributed by atoms with Crippen LogP contribution in [0, 0.1) is 0 Å². The third-order valence-electron chi connectivity index (χ3n) is 3.22. The predicted octanol–water partition coefficient (Wildman–Crippen LogP) is 3.48. The fraction of sp³-hybridized carbons (Fsp3) is 0.231. The maximum Gasteiger partial charge on any atom is 0.0461 e. The summed E-state index contributed by atoms with van der Waals surface area (Å²) in [5.74, 6) is 0. The highest BCUT2D eigenvalue weighted by Gasteiger charge is 2.36. The Bertz CT molecular complexity index is 475. The molecule has 1 aliphatic rings. The minimum absolute atomic E-state index is 0.157. The van der Waals surface area contributed by atoms with Crippen LogP contribution in [0.4, 0.5) is 5.69 Å². The first-order valence-corrected chi connectivity index (χ1v) is 6.06. The zero-order valence-corrected chi connectivity index (χ0v) is 9.47. The summed E-state index contributed by atoms with van der Waals surface area (Å²) in [7, 11) is 0. The second kappa shape index (κ2) is 3.11. The summed E-state index contributed by atoms with van der Waals surface area (Å²) in [5, 5.41) is 5.64. The van der Waals surface area contributed by atoms with Gasteiger partial charge in [0, 0.05) is 22.5 Å². The molecule has 2 heterocycles. The SMILES string of the molecule is CC1(c2cccs2)CNc2ccccc21. The van der Waals surface area contributed by atoms with Gasteiger partial charge in [0.25, 0.3) is 0 Å². The number of hydrogen-bond acceptors (Lipinski definition) is 2. The first-order valence-electron chi connectivity index (χ1n) is 5.18. The van der Waals surface area contributed by atoms with E-state index in [1.165, 1.54) is 16.1 Å². The molecular weight excluding hydrogens is 202 g/mol. The predicted molar refractivity (Wildman–Crippen MR) is 65.7 cm³/mol. The van der Waals surface area contributed by atoms with Crippen LogP contribution in [0.5, 0.6) is 0 Å². The fourth-order valence-electron chi connectivity index (χ4n) is 2.30. The molecule has 1 nitrogen and oxygen atoms in total. The second-order valence-corrected chi connectivity index (χ2v) is 5.16. The van der Waals surface area contributed by atoms with Crippen LogP contribution in [0.3, 0.4) is 0 Å². The number of rotatable bonds is 1. The maximum atomic E-state index is 3.49. The molecule has 0 amide bonds. The van der Waals surface area contributed by atoms with Crippen molar-refractivity contribution in [3.05, 3.63) is 52.2 Å². The summed E-state index contributed by atoms with van der Waals surface area (Å²) in [6.07, 6.45) is 0. The third kappa shape index (κ3) is 1.21. The fourth-order valence-corrected chi connectivity index (χ4v) is 3.20. The average molecular weight is 215 g/mol. The van der Waals surface area contributed by atoms with Crippen LogP contribution in [-0.2, 0) is 5.41 Å². The maximum absolute atomic E-state index is 3.49. The van der Waals surface area contributed by atoms with Crippen molar-refractivity contribution in [2.75, 3.05) is 11.9 Å². The van der Waals surface area contributed by atoms with Crippen LogP contribution < -0.4 is 5.32 Å². The highest BCUT2D eigenvalue weighted by molar-refractivity contribution is 7.10. The molecule has 0 spiro atoms. The molecule has 1 unspecified atom stereocenters. The summed E-state index contributed by atoms with van der Waals surface area (Å²) < 4.78 is 0. The van der Waals surface area contributed by atoms with E-state index in [0.29, 0.717) is 0 Å². The normalized spacial score (nSPS) is 23.5. The molecular formula is C13H13NS. The van der Waals surface area contributed by atoms with Crippen LogP contribution in [0.15, 0.2) is 41.8 Å². The van der Waals surface area contributed by atoms with Gasteiger partial charge in [0.05, 0.1) is 0 Å². The lowest BCUT2D eigenvalue weighted by Gasteiger charge is -2.22. The van der Waals surface area contributed by atoms with Crippen molar-refractivity contribution in [1.29, 1.82) is 0 Å². The Kier molecular flexibility index (Phi) is 1.86. The van der Waals surface area contributed by atoms with Gasteiger partial charge in [-0.15, -0.1) is 11.3 Å². The van der Waals surface area contributed by atoms with Crippen LogP contribution in [0.2, 0.25) is 0 Å². The van der Waals surface area contributed by atoms with Crippen molar-refractivity contribution in [3.8, 4) is 0 Å². The quantitative estimate of drug-likeness (QED) is 0.768. The number of anilines is 1. The van der Waals surface area contributed by atoms with Gasteiger partial charge < -0.3 is 5.32 Å². The van der Waals surface area contributed by atoms with Crippen molar-refractivity contribution in [3.63, 3.8) is 0 Å². The Balaban J connectivity index is 2.17. The molecule has 0 saturated heterocycles. The van der Waals surface area contributed by atoms with Crippen LogP contribution in [0.25, 0.3) is 0 Å². The zero-order chi connectivity index (χ0) is 10.3. The molecule has 0 fully saturated rings. The zero-order valence-electron chi connectivity index (χ0n) is 8.66. The first kappa shape index (κ1) is 8.98. The van der Waals surface area contributed by atoms with E-state index in [1.807, 2.05) is 11.3 Å². The van der Waals surface area contributed by atoms with E-state index in [-0.39, 0.29) is 5.41 Å². The minimum Gasteiger partial charge on any atom is -0.384 e. The summed E-state index contributed by atoms with van der Waals surface area (Å²) in [6, 6.07) is 13.0. The first-order chi connectivity index (χ1) is 7.31. The van der Waals surface area contributed by atoms with E-state index in [1.54, 1.807) is 0 Å². The molecule has 1 aliphatic heterocycles. The van der Waals surface area contributed by atoms with E-state index in [0.717, 1.165) is 6.54 Å². The molecule has 0 aliphatic carbocycles. The molecule has 0 radical (unpaired) electrons. The molecule has 1 aromatic carbocycles. The molecule has 0 bridgehead atoms. The van der Waals surface area contributed by atoms with E-state index in [2.05, 4.69) is 54.0 Å². The van der Waals surface area contributed by atoms with Crippen molar-refractivity contribution in [2.45, 2.75) is 12.3 Å². The van der Waals surface area contributed by atoms with Gasteiger partial charge in [-0.3, -0.25) is 0 Å². The largest absolute Gasteiger partial charge is 0.384 e. The monoisotopic (exact) mass is 215 g/mol. The molecule has 1 aromatic heterocycles. The van der Waals surface area contributed by atoms with Crippen LogP contribution >= 0.6 is 11.3 Å². The van der Waals surface area contributed by atoms with Crippen molar-refractivity contribution < 1.29 is 0 Å². The highest BCUT2D eigenvalue weighted by Crippen LogP contribution is 2.42. The molecule has 2 heteroatoms. The summed E-state index contributed by atoms with van der Waals surface area (Å²) in [5.41, 5.74) is 2.87. The molecule has 3 rings (SSSR count). The molecule has 76 valence electrons. The van der Waals surface area contributed by atoms with Gasteiger partial charge in [0.1, 0.15) is 0 Å². The standard InChI is InChI=1S/C13H13NS/c1-13(12-7-4-8-15-12)9-14-11-6-3-2-5-10(11)13/h2-8,14H,9H2,1H3. The van der Waals surface area contributed by atoms with E-state index in [9.17, 15) is 0 Å². The van der Waals surface area contributed by atoms with Crippen molar-refractivity contribution in [1.82, 2.24) is 0 Å². The molecule has 2 aromatic rings. The van der Waals surface area contributed by atoms with Crippen molar-refractivity contribution in [2.24, 2.45) is 0 Å². The lowest BCUT2D eigenvalue weighted by molar-refractivity contribution is 0.650.